The number of hydrogen-bond acceptors (Lipinski definition) is 4. The fourth-order valence-electron chi connectivity index (χ4n) is 2.56. The van der Waals surface area contributed by atoms with E-state index in [1.807, 2.05) is 45.0 Å². The molecule has 0 fully saturated rings. The Bertz CT molecular complexity index is 732. The van der Waals surface area contributed by atoms with E-state index in [-0.39, 0.29) is 6.03 Å². The molecule has 0 saturated heterocycles. The summed E-state index contributed by atoms with van der Waals surface area (Å²) in [7, 11) is 1.63. The minimum absolute atomic E-state index is 0.287. The summed E-state index contributed by atoms with van der Waals surface area (Å²) in [4.78, 5) is 16.6. The van der Waals surface area contributed by atoms with E-state index in [4.69, 9.17) is 9.47 Å². The SMILES string of the molecule is CCOCc1ccccc1NC(=O)NCc1ncc(C)c(OC)c1C. The Morgan fingerprint density at radius 3 is 2.72 bits per heavy atom. The molecule has 1 aromatic carbocycles. The molecule has 2 rings (SSSR count). The molecule has 6 nitrogen and oxygen atoms in total. The molecule has 0 spiro atoms. The van der Waals surface area contributed by atoms with Gasteiger partial charge in [0.2, 0.25) is 0 Å². The Balaban J connectivity index is 2.00. The Kier molecular flexibility index (Phi) is 6.77. The van der Waals surface area contributed by atoms with Crippen LogP contribution in [0.2, 0.25) is 0 Å². The first-order chi connectivity index (χ1) is 12.1. The first kappa shape index (κ1) is 18.7. The molecule has 134 valence electrons. The van der Waals surface area contributed by atoms with Crippen molar-refractivity contribution < 1.29 is 14.3 Å². The lowest BCUT2D eigenvalue weighted by atomic mass is 10.1. The Morgan fingerprint density at radius 2 is 2.00 bits per heavy atom. The number of anilines is 1. The number of aromatic nitrogens is 1. The molecule has 25 heavy (non-hydrogen) atoms. The fourth-order valence-corrected chi connectivity index (χ4v) is 2.56. The van der Waals surface area contributed by atoms with Gasteiger partial charge in [-0.15, -0.1) is 0 Å². The van der Waals surface area contributed by atoms with E-state index in [1.54, 1.807) is 13.3 Å². The van der Waals surface area contributed by atoms with Crippen molar-refractivity contribution in [2.75, 3.05) is 19.0 Å². The molecule has 0 aliphatic rings. The number of urea groups is 1. The maximum atomic E-state index is 12.2. The van der Waals surface area contributed by atoms with Crippen LogP contribution < -0.4 is 15.4 Å². The molecule has 0 saturated carbocycles. The van der Waals surface area contributed by atoms with E-state index in [1.165, 1.54) is 0 Å². The zero-order valence-corrected chi connectivity index (χ0v) is 15.2. The predicted octanol–water partition coefficient (Wildman–Crippen LogP) is 3.57. The number of hydrogen-bond donors (Lipinski definition) is 2. The summed E-state index contributed by atoms with van der Waals surface area (Å²) in [5.74, 6) is 0.800. The minimum Gasteiger partial charge on any atom is -0.496 e. The van der Waals surface area contributed by atoms with Crippen molar-refractivity contribution in [3.8, 4) is 5.75 Å². The van der Waals surface area contributed by atoms with Gasteiger partial charge in [0.15, 0.2) is 0 Å². The van der Waals surface area contributed by atoms with Crippen LogP contribution in [-0.4, -0.2) is 24.7 Å². The molecule has 0 bridgehead atoms. The maximum Gasteiger partial charge on any atom is 0.319 e. The summed E-state index contributed by atoms with van der Waals surface area (Å²) in [5.41, 5.74) is 4.35. The molecule has 0 aliphatic heterocycles. The smallest absolute Gasteiger partial charge is 0.319 e. The second kappa shape index (κ2) is 9.03. The van der Waals surface area contributed by atoms with E-state index in [9.17, 15) is 4.79 Å². The van der Waals surface area contributed by atoms with Gasteiger partial charge in [-0.2, -0.15) is 0 Å². The first-order valence-electron chi connectivity index (χ1n) is 8.26. The zero-order chi connectivity index (χ0) is 18.2. The monoisotopic (exact) mass is 343 g/mol. The van der Waals surface area contributed by atoms with Gasteiger partial charge in [0.25, 0.3) is 0 Å². The quantitative estimate of drug-likeness (QED) is 0.806. The highest BCUT2D eigenvalue weighted by Crippen LogP contribution is 2.23. The Labute approximate surface area is 148 Å². The lowest BCUT2D eigenvalue weighted by Crippen LogP contribution is -2.29. The third kappa shape index (κ3) is 4.93. The maximum absolute atomic E-state index is 12.2. The highest BCUT2D eigenvalue weighted by molar-refractivity contribution is 5.90. The van der Waals surface area contributed by atoms with Crippen LogP contribution >= 0.6 is 0 Å². The molecule has 2 amide bonds. The van der Waals surface area contributed by atoms with Crippen LogP contribution in [0.15, 0.2) is 30.5 Å². The number of nitrogens with one attached hydrogen (secondary N) is 2. The van der Waals surface area contributed by atoms with Gasteiger partial charge >= 0.3 is 6.03 Å². The number of pyridine rings is 1. The van der Waals surface area contributed by atoms with Gasteiger partial charge < -0.3 is 20.1 Å². The molecule has 1 heterocycles. The number of para-hydroxylation sites is 1. The number of aryl methyl sites for hydroxylation is 1. The first-order valence-corrected chi connectivity index (χ1v) is 8.26. The van der Waals surface area contributed by atoms with Crippen molar-refractivity contribution in [1.82, 2.24) is 10.3 Å². The number of methoxy groups -OCH3 is 1. The van der Waals surface area contributed by atoms with Crippen molar-refractivity contribution in [3.63, 3.8) is 0 Å². The Hall–Kier alpha value is -2.60. The number of nitrogens with zero attached hydrogens (tertiary/aromatic N) is 1. The van der Waals surface area contributed by atoms with Crippen molar-refractivity contribution in [3.05, 3.63) is 52.8 Å². The van der Waals surface area contributed by atoms with E-state index < -0.39 is 0 Å². The van der Waals surface area contributed by atoms with Crippen LogP contribution in [0.25, 0.3) is 0 Å². The molecule has 0 atom stereocenters. The van der Waals surface area contributed by atoms with Crippen LogP contribution in [-0.2, 0) is 17.9 Å². The molecule has 2 N–H and O–H groups in total. The third-order valence-corrected chi connectivity index (χ3v) is 3.89. The van der Waals surface area contributed by atoms with Crippen LogP contribution in [0.5, 0.6) is 5.75 Å². The Morgan fingerprint density at radius 1 is 1.24 bits per heavy atom. The van der Waals surface area contributed by atoms with Gasteiger partial charge in [-0.05, 0) is 26.8 Å². The van der Waals surface area contributed by atoms with Gasteiger partial charge in [-0.25, -0.2) is 4.79 Å². The zero-order valence-electron chi connectivity index (χ0n) is 15.2. The van der Waals surface area contributed by atoms with Gasteiger partial charge in [0, 0.05) is 35.2 Å². The topological polar surface area (TPSA) is 72.5 Å². The van der Waals surface area contributed by atoms with Crippen molar-refractivity contribution in [1.29, 1.82) is 0 Å². The van der Waals surface area contributed by atoms with Crippen molar-refractivity contribution in [2.45, 2.75) is 33.9 Å². The highest BCUT2D eigenvalue weighted by atomic mass is 16.5. The van der Waals surface area contributed by atoms with Crippen molar-refractivity contribution >= 4 is 11.7 Å². The van der Waals surface area contributed by atoms with Crippen LogP contribution in [0.1, 0.15) is 29.3 Å². The van der Waals surface area contributed by atoms with Gasteiger partial charge in [0.1, 0.15) is 5.75 Å². The molecule has 2 aromatic rings. The second-order valence-corrected chi connectivity index (χ2v) is 5.65. The number of carbonyl (C=O) groups excluding carboxylic acids is 1. The van der Waals surface area contributed by atoms with Crippen LogP contribution in [0.3, 0.4) is 0 Å². The average Bonchev–Trinajstić information content (AvgIpc) is 2.61. The van der Waals surface area contributed by atoms with E-state index >= 15 is 0 Å². The van der Waals surface area contributed by atoms with E-state index in [0.717, 1.165) is 33.8 Å². The van der Waals surface area contributed by atoms with Gasteiger partial charge in [0.05, 0.1) is 26.0 Å². The largest absolute Gasteiger partial charge is 0.496 e. The molecule has 1 aromatic heterocycles. The number of carbonyl (C=O) groups is 1. The van der Waals surface area contributed by atoms with Gasteiger partial charge in [-0.1, -0.05) is 18.2 Å². The van der Waals surface area contributed by atoms with Crippen molar-refractivity contribution in [2.24, 2.45) is 0 Å². The fraction of sp³-hybridized carbons (Fsp3) is 0.368. The average molecular weight is 343 g/mol. The summed E-state index contributed by atoms with van der Waals surface area (Å²) >= 11 is 0. The number of amides is 2. The summed E-state index contributed by atoms with van der Waals surface area (Å²) in [6.45, 7) is 7.22. The standard InChI is InChI=1S/C19H25N3O3/c1-5-25-12-15-8-6-7-9-16(15)22-19(23)21-11-17-14(3)18(24-4)13(2)10-20-17/h6-10H,5,11-12H2,1-4H3,(H2,21,22,23). The summed E-state index contributed by atoms with van der Waals surface area (Å²) in [5, 5.41) is 5.69. The summed E-state index contributed by atoms with van der Waals surface area (Å²) in [6.07, 6.45) is 1.75. The van der Waals surface area contributed by atoms with Gasteiger partial charge in [-0.3, -0.25) is 4.98 Å². The number of ether oxygens (including phenoxy) is 2. The van der Waals surface area contributed by atoms with Crippen LogP contribution in [0.4, 0.5) is 10.5 Å². The molecule has 0 radical (unpaired) electrons. The summed E-state index contributed by atoms with van der Waals surface area (Å²) < 4.78 is 10.8. The normalized spacial score (nSPS) is 10.4. The highest BCUT2D eigenvalue weighted by Gasteiger charge is 2.11. The molecular weight excluding hydrogens is 318 g/mol. The molecule has 0 aliphatic carbocycles. The predicted molar refractivity (Wildman–Crippen MR) is 97.9 cm³/mol. The lowest BCUT2D eigenvalue weighted by Gasteiger charge is -2.14. The van der Waals surface area contributed by atoms with E-state index in [2.05, 4.69) is 15.6 Å². The lowest BCUT2D eigenvalue weighted by molar-refractivity contribution is 0.134. The molecule has 0 unspecified atom stereocenters. The third-order valence-electron chi connectivity index (χ3n) is 3.89. The van der Waals surface area contributed by atoms with E-state index in [0.29, 0.717) is 19.8 Å². The van der Waals surface area contributed by atoms with Crippen LogP contribution in [0, 0.1) is 13.8 Å². The second-order valence-electron chi connectivity index (χ2n) is 5.65. The summed E-state index contributed by atoms with van der Waals surface area (Å²) in [6, 6.07) is 7.30. The minimum atomic E-state index is -0.287. The number of benzene rings is 1. The molecular formula is C19H25N3O3. The number of rotatable bonds is 7. The molecule has 6 heteroatoms.